The highest BCUT2D eigenvalue weighted by Gasteiger charge is 2.25. The molecule has 1 aliphatic carbocycles. The van der Waals surface area contributed by atoms with Gasteiger partial charge in [-0.3, -0.25) is 4.79 Å². The zero-order valence-corrected chi connectivity index (χ0v) is 11.2. The number of carbonyl (C=O) groups excluding carboxylic acids is 1. The van der Waals surface area contributed by atoms with Crippen LogP contribution in [0, 0.1) is 5.82 Å². The highest BCUT2D eigenvalue weighted by molar-refractivity contribution is 5.91. The van der Waals surface area contributed by atoms with Crippen LogP contribution in [0.1, 0.15) is 25.7 Å². The van der Waals surface area contributed by atoms with Gasteiger partial charge in [-0.1, -0.05) is 0 Å². The fourth-order valence-electron chi connectivity index (χ4n) is 2.03. The lowest BCUT2D eigenvalue weighted by Gasteiger charge is -2.14. The molecule has 0 atom stereocenters. The lowest BCUT2D eigenvalue weighted by atomic mass is 10.2. The quantitative estimate of drug-likeness (QED) is 0.775. The molecule has 5 heteroatoms. The molecule has 104 valence electrons. The van der Waals surface area contributed by atoms with Crippen molar-refractivity contribution in [2.45, 2.75) is 31.7 Å². The Hall–Kier alpha value is -1.62. The van der Waals surface area contributed by atoms with Gasteiger partial charge in [-0.25, -0.2) is 4.39 Å². The SMILES string of the molecule is CN(CCCC(=O)Nc1ccc(F)c(N)c1)C1CC1. The normalized spacial score (nSPS) is 14.7. The molecule has 0 aliphatic heterocycles. The minimum Gasteiger partial charge on any atom is -0.396 e. The van der Waals surface area contributed by atoms with Crippen molar-refractivity contribution in [3.63, 3.8) is 0 Å². The van der Waals surface area contributed by atoms with Crippen LogP contribution in [0.25, 0.3) is 0 Å². The number of halogens is 1. The van der Waals surface area contributed by atoms with Gasteiger partial charge in [0.1, 0.15) is 5.82 Å². The molecule has 0 aromatic heterocycles. The van der Waals surface area contributed by atoms with E-state index in [2.05, 4.69) is 17.3 Å². The van der Waals surface area contributed by atoms with Gasteiger partial charge in [-0.05, 0) is 51.1 Å². The van der Waals surface area contributed by atoms with E-state index in [1.165, 1.54) is 31.0 Å². The van der Waals surface area contributed by atoms with Gasteiger partial charge in [0, 0.05) is 18.2 Å². The van der Waals surface area contributed by atoms with Crippen molar-refractivity contribution < 1.29 is 9.18 Å². The van der Waals surface area contributed by atoms with Gasteiger partial charge in [-0.15, -0.1) is 0 Å². The standard InChI is InChI=1S/C14H20FN3O/c1-18(11-5-6-11)8-2-3-14(19)17-10-4-7-12(15)13(16)9-10/h4,7,9,11H,2-3,5-6,8,16H2,1H3,(H,17,19). The molecule has 19 heavy (non-hydrogen) atoms. The largest absolute Gasteiger partial charge is 0.396 e. The first kappa shape index (κ1) is 13.8. The second-order valence-corrected chi connectivity index (χ2v) is 5.10. The number of benzene rings is 1. The second kappa shape index (κ2) is 6.02. The fraction of sp³-hybridized carbons (Fsp3) is 0.500. The number of carbonyl (C=O) groups is 1. The minimum absolute atomic E-state index is 0.0475. The van der Waals surface area contributed by atoms with Gasteiger partial charge in [0.15, 0.2) is 0 Å². The number of nitrogens with two attached hydrogens (primary N) is 1. The molecule has 1 saturated carbocycles. The summed E-state index contributed by atoms with van der Waals surface area (Å²) in [4.78, 5) is 14.0. The van der Waals surface area contributed by atoms with Gasteiger partial charge in [0.05, 0.1) is 5.69 Å². The van der Waals surface area contributed by atoms with Gasteiger partial charge >= 0.3 is 0 Å². The van der Waals surface area contributed by atoms with E-state index in [0.717, 1.165) is 19.0 Å². The molecule has 0 heterocycles. The maximum absolute atomic E-state index is 13.0. The first-order valence-corrected chi connectivity index (χ1v) is 6.61. The molecular formula is C14H20FN3O. The Morgan fingerprint density at radius 2 is 2.26 bits per heavy atom. The van der Waals surface area contributed by atoms with Crippen molar-refractivity contribution in [3.05, 3.63) is 24.0 Å². The van der Waals surface area contributed by atoms with Crippen molar-refractivity contribution in [1.29, 1.82) is 0 Å². The summed E-state index contributed by atoms with van der Waals surface area (Å²) in [6.45, 7) is 0.934. The summed E-state index contributed by atoms with van der Waals surface area (Å²) in [5.41, 5.74) is 6.03. The van der Waals surface area contributed by atoms with Crippen LogP contribution in [0.5, 0.6) is 0 Å². The van der Waals surface area contributed by atoms with E-state index >= 15 is 0 Å². The van der Waals surface area contributed by atoms with Crippen molar-refractivity contribution in [3.8, 4) is 0 Å². The first-order valence-electron chi connectivity index (χ1n) is 6.61. The number of anilines is 2. The number of nitrogen functional groups attached to an aromatic ring is 1. The van der Waals surface area contributed by atoms with Crippen LogP contribution in [0.15, 0.2) is 18.2 Å². The minimum atomic E-state index is -0.468. The second-order valence-electron chi connectivity index (χ2n) is 5.10. The lowest BCUT2D eigenvalue weighted by molar-refractivity contribution is -0.116. The zero-order chi connectivity index (χ0) is 13.8. The Kier molecular flexibility index (Phi) is 4.37. The summed E-state index contributed by atoms with van der Waals surface area (Å²) < 4.78 is 13.0. The molecule has 1 fully saturated rings. The van der Waals surface area contributed by atoms with E-state index in [-0.39, 0.29) is 11.6 Å². The Balaban J connectivity index is 1.72. The summed E-state index contributed by atoms with van der Waals surface area (Å²) in [6, 6.07) is 4.93. The molecule has 1 aromatic rings. The Morgan fingerprint density at radius 3 is 2.89 bits per heavy atom. The predicted octanol–water partition coefficient (Wildman–Crippen LogP) is 2.22. The van der Waals surface area contributed by atoms with Crippen LogP contribution in [0.4, 0.5) is 15.8 Å². The van der Waals surface area contributed by atoms with E-state index in [4.69, 9.17) is 5.73 Å². The fourth-order valence-corrected chi connectivity index (χ4v) is 2.03. The Bertz CT molecular complexity index is 460. The Labute approximate surface area is 112 Å². The molecular weight excluding hydrogens is 245 g/mol. The van der Waals surface area contributed by atoms with Crippen molar-refractivity contribution in [2.75, 3.05) is 24.6 Å². The highest BCUT2D eigenvalue weighted by Crippen LogP contribution is 2.25. The molecule has 0 spiro atoms. The lowest BCUT2D eigenvalue weighted by Crippen LogP contribution is -2.23. The topological polar surface area (TPSA) is 58.4 Å². The number of rotatable bonds is 6. The van der Waals surface area contributed by atoms with E-state index < -0.39 is 5.82 Å². The summed E-state index contributed by atoms with van der Waals surface area (Å²) in [6.07, 6.45) is 3.85. The zero-order valence-electron chi connectivity index (χ0n) is 11.2. The molecule has 0 radical (unpaired) electrons. The van der Waals surface area contributed by atoms with Crippen LogP contribution in [0.2, 0.25) is 0 Å². The van der Waals surface area contributed by atoms with Crippen LogP contribution in [0.3, 0.4) is 0 Å². The molecule has 1 aliphatic rings. The van der Waals surface area contributed by atoms with E-state index in [1.54, 1.807) is 0 Å². The van der Waals surface area contributed by atoms with Gasteiger partial charge < -0.3 is 16.0 Å². The molecule has 1 amide bonds. The van der Waals surface area contributed by atoms with Gasteiger partial charge in [0.2, 0.25) is 5.91 Å². The summed E-state index contributed by atoms with van der Waals surface area (Å²) in [5.74, 6) is -0.528. The Morgan fingerprint density at radius 1 is 1.53 bits per heavy atom. The summed E-state index contributed by atoms with van der Waals surface area (Å²) >= 11 is 0. The maximum atomic E-state index is 13.0. The number of amides is 1. The predicted molar refractivity (Wildman–Crippen MR) is 74.3 cm³/mol. The van der Waals surface area contributed by atoms with Crippen LogP contribution in [-0.4, -0.2) is 30.4 Å². The smallest absolute Gasteiger partial charge is 0.224 e. The van der Waals surface area contributed by atoms with Crippen LogP contribution in [-0.2, 0) is 4.79 Å². The first-order chi connectivity index (χ1) is 9.06. The highest BCUT2D eigenvalue weighted by atomic mass is 19.1. The van der Waals surface area contributed by atoms with Crippen LogP contribution >= 0.6 is 0 Å². The summed E-state index contributed by atoms with van der Waals surface area (Å²) in [5, 5.41) is 2.72. The number of hydrogen-bond donors (Lipinski definition) is 2. The van der Waals surface area contributed by atoms with Crippen molar-refractivity contribution >= 4 is 17.3 Å². The number of nitrogens with zero attached hydrogens (tertiary/aromatic N) is 1. The van der Waals surface area contributed by atoms with E-state index in [1.807, 2.05) is 0 Å². The monoisotopic (exact) mass is 265 g/mol. The average Bonchev–Trinajstić information content (AvgIpc) is 3.18. The van der Waals surface area contributed by atoms with Crippen molar-refractivity contribution in [2.24, 2.45) is 0 Å². The third-order valence-electron chi connectivity index (χ3n) is 3.36. The van der Waals surface area contributed by atoms with E-state index in [9.17, 15) is 9.18 Å². The van der Waals surface area contributed by atoms with E-state index in [0.29, 0.717) is 12.1 Å². The van der Waals surface area contributed by atoms with Crippen molar-refractivity contribution in [1.82, 2.24) is 4.90 Å². The number of hydrogen-bond acceptors (Lipinski definition) is 3. The average molecular weight is 265 g/mol. The van der Waals surface area contributed by atoms with Gasteiger partial charge in [0.25, 0.3) is 0 Å². The number of nitrogens with one attached hydrogen (secondary N) is 1. The third kappa shape index (κ3) is 4.21. The van der Waals surface area contributed by atoms with Gasteiger partial charge in [-0.2, -0.15) is 0 Å². The van der Waals surface area contributed by atoms with Crippen LogP contribution < -0.4 is 11.1 Å². The molecule has 2 rings (SSSR count). The maximum Gasteiger partial charge on any atom is 0.224 e. The molecule has 0 unspecified atom stereocenters. The third-order valence-corrected chi connectivity index (χ3v) is 3.36. The molecule has 4 nitrogen and oxygen atoms in total. The molecule has 1 aromatic carbocycles. The molecule has 0 bridgehead atoms. The molecule has 0 saturated heterocycles. The molecule has 3 N–H and O–H groups in total. The summed E-state index contributed by atoms with van der Waals surface area (Å²) in [7, 11) is 2.09.